The van der Waals surface area contributed by atoms with E-state index in [0.717, 1.165) is 134 Å². The fourth-order valence-corrected chi connectivity index (χ4v) is 15.6. The Balaban J connectivity index is 0.000000148. The van der Waals surface area contributed by atoms with Gasteiger partial charge in [0.15, 0.2) is 11.3 Å². The zero-order valence-corrected chi connectivity index (χ0v) is 83.8. The van der Waals surface area contributed by atoms with Crippen LogP contribution < -0.4 is 9.47 Å². The van der Waals surface area contributed by atoms with Crippen molar-refractivity contribution < 1.29 is 22.6 Å². The van der Waals surface area contributed by atoms with Crippen molar-refractivity contribution >= 4 is 109 Å². The lowest BCUT2D eigenvalue weighted by Crippen LogP contribution is -2.07. The summed E-state index contributed by atoms with van der Waals surface area (Å²) in [6.45, 7) is 44.4. The molecule has 0 aliphatic carbocycles. The molecule has 6 aromatic carbocycles. The predicted molar refractivity (Wildman–Crippen MR) is 554 cm³/mol. The molecule has 0 bridgehead atoms. The fourth-order valence-electron chi connectivity index (χ4n) is 15.6. The first-order chi connectivity index (χ1) is 66.7. The molecule has 0 radical (unpaired) electrons. The average molecular weight is 1870 g/mol. The minimum atomic E-state index is -4.39. The molecule has 0 amide bonds. The summed E-state index contributed by atoms with van der Waals surface area (Å²) in [5, 5.41) is 15.0. The van der Waals surface area contributed by atoms with Crippen molar-refractivity contribution in [2.75, 3.05) is 14.2 Å². The van der Waals surface area contributed by atoms with Gasteiger partial charge >= 0.3 is 6.18 Å². The Morgan fingerprint density at radius 3 is 1.32 bits per heavy atom. The summed E-state index contributed by atoms with van der Waals surface area (Å²) in [4.78, 5) is 88.3. The lowest BCUT2D eigenvalue weighted by Gasteiger charge is -2.12. The van der Waals surface area contributed by atoms with Gasteiger partial charge in [0.05, 0.1) is 122 Å². The summed E-state index contributed by atoms with van der Waals surface area (Å²) in [6.07, 6.45) is 20.7. The molecule has 0 aliphatic rings. The van der Waals surface area contributed by atoms with Crippen molar-refractivity contribution in [2.24, 2.45) is 7.05 Å². The van der Waals surface area contributed by atoms with Gasteiger partial charge in [0, 0.05) is 87.2 Å². The van der Waals surface area contributed by atoms with Crippen LogP contribution in [-0.2, 0) is 13.2 Å². The normalized spacial score (nSPS) is 11.2. The fraction of sp³-hybridized carbons (Fsp3) is 0.315. The molecule has 25 nitrogen and oxygen atoms in total. The van der Waals surface area contributed by atoms with Crippen molar-refractivity contribution in [1.82, 2.24) is 114 Å². The van der Waals surface area contributed by atoms with Gasteiger partial charge in [-0.3, -0.25) is 24.6 Å². The number of ether oxygens (including phenoxy) is 2. The van der Waals surface area contributed by atoms with Gasteiger partial charge in [0.25, 0.3) is 0 Å². The molecule has 0 unspecified atom stereocenters. The number of alkyl halides is 3. The second-order valence-electron chi connectivity index (χ2n) is 36.1. The Morgan fingerprint density at radius 1 is 0.281 bits per heavy atom. The molecular weight excluding hydrogens is 1740 g/mol. The van der Waals surface area contributed by atoms with Crippen molar-refractivity contribution in [1.29, 1.82) is 0 Å². The SMILES string of the molecule is CC(C)c1ccnc2ccccc12.CC(C)c1nccc2ccccc12.CC(C)c1ncnc2c(C(F)(F)F)cccc12.CC(C)c1ncnc2c1cnn2C.CC(C)c1ncnc2cccnc12.CC(C)c1ncnc2cnccc12.CC(C)c1ncnc2ncccc12.COc1ccc2c(C(C)C)ncnc2c1.COc1cccc2c(C(C)C)ncnc12.Cc1ccc2c(C(C)C)ncnc2c1. The molecule has 20 rings (SSSR count). The van der Waals surface area contributed by atoms with Crippen molar-refractivity contribution in [2.45, 2.75) is 211 Å². The summed E-state index contributed by atoms with van der Waals surface area (Å²) in [5.41, 5.74) is 19.6. The first-order valence-electron chi connectivity index (χ1n) is 46.7. The number of aromatic nitrogens is 23. The van der Waals surface area contributed by atoms with Crippen LogP contribution in [0.2, 0.25) is 0 Å². The Hall–Kier alpha value is -15.1. The van der Waals surface area contributed by atoms with Crippen LogP contribution in [0.5, 0.6) is 11.5 Å². The summed E-state index contributed by atoms with van der Waals surface area (Å²) >= 11 is 0. The van der Waals surface area contributed by atoms with Crippen molar-refractivity contribution in [3.63, 3.8) is 0 Å². The Bertz CT molecular complexity index is 6910. The third kappa shape index (κ3) is 27.2. The number of pyridine rings is 5. The maximum absolute atomic E-state index is 12.8. The Morgan fingerprint density at radius 2 is 0.727 bits per heavy atom. The van der Waals surface area contributed by atoms with Gasteiger partial charge in [-0.05, 0) is 161 Å². The number of fused-ring (bicyclic) bond motifs is 10. The monoisotopic (exact) mass is 1870 g/mol. The molecule has 0 atom stereocenters. The quantitative estimate of drug-likeness (QED) is 0.110. The van der Waals surface area contributed by atoms with Crippen LogP contribution in [0.3, 0.4) is 0 Å². The van der Waals surface area contributed by atoms with E-state index in [1.54, 1.807) is 94.0 Å². The highest BCUT2D eigenvalue weighted by molar-refractivity contribution is 5.89. The van der Waals surface area contributed by atoms with Crippen LogP contribution in [0.25, 0.3) is 109 Å². The van der Waals surface area contributed by atoms with Crippen molar-refractivity contribution in [3.05, 3.63) is 326 Å². The second kappa shape index (κ2) is 49.6. The molecule has 0 spiro atoms. The molecule has 14 aromatic heterocycles. The first-order valence-corrected chi connectivity index (χ1v) is 46.7. The van der Waals surface area contributed by atoms with Crippen LogP contribution in [0.1, 0.15) is 266 Å². The van der Waals surface area contributed by atoms with E-state index in [9.17, 15) is 13.2 Å². The largest absolute Gasteiger partial charge is 0.497 e. The topological polar surface area (TPSA) is 307 Å². The molecule has 28 heteroatoms. The summed E-state index contributed by atoms with van der Waals surface area (Å²) in [7, 11) is 5.21. The average Bonchev–Trinajstić information content (AvgIpc) is 1.77. The standard InChI is InChI=1S/C12H11F3N2.2C12H14N2O.C12H14N2.2C12H13N.3C10H11N3.C9H12N4/c1-7(2)10-8-4-3-5-9(12(13,14)15)11(8)17-6-16-10;1-8(2)12-10-5-4-9(15-3)6-11(10)13-7-14-12;1-8(2)11-9-5-4-6-10(15-3)12(9)14-7-13-11;1-8(2)12-10-5-4-9(3)6-11(10)13-7-14-12;1-9(2)10-7-8-13-12-6-4-3-5-11(10)12;1-9(2)12-11-6-4-3-5-10(11)7-8-13-12;1-7(2)10-8-3-4-11-5-9(8)12-6-13-10;1-7(2)9-10-8(12-6-13-9)4-3-5-11-10;1-7(2)9-8-4-3-5-11-10(8)13-6-12-9;1-6(2)8-7-4-12-13(3)9(7)11-5-10-8/h3-7H,1-2H3;2*4-8H,1-3H3;4-8H,1-3H3;2*3-9H,1-2H3;3*3-7H,1-2H3;4-6H,1-3H3. The third-order valence-electron chi connectivity index (χ3n) is 22.4. The van der Waals surface area contributed by atoms with E-state index in [1.807, 2.05) is 112 Å². The Labute approximate surface area is 811 Å². The number of aryl methyl sites for hydroxylation is 2. The maximum atomic E-state index is 12.8. The molecule has 0 saturated heterocycles. The highest BCUT2D eigenvalue weighted by atomic mass is 19.4. The summed E-state index contributed by atoms with van der Waals surface area (Å²) in [6, 6.07) is 52.8. The lowest BCUT2D eigenvalue weighted by atomic mass is 9.99. The molecule has 14 heterocycles. The number of halogens is 3. The van der Waals surface area contributed by atoms with Crippen LogP contribution >= 0.6 is 0 Å². The van der Waals surface area contributed by atoms with Gasteiger partial charge in [-0.2, -0.15) is 18.3 Å². The summed E-state index contributed by atoms with van der Waals surface area (Å²) in [5.74, 6) is 5.63. The third-order valence-corrected chi connectivity index (χ3v) is 22.4. The van der Waals surface area contributed by atoms with E-state index in [2.05, 4.69) is 314 Å². The van der Waals surface area contributed by atoms with E-state index in [-0.39, 0.29) is 11.4 Å². The number of hydrogen-bond donors (Lipinski definition) is 0. The first kappa shape index (κ1) is 104. The van der Waals surface area contributed by atoms with Gasteiger partial charge in [0.2, 0.25) is 0 Å². The van der Waals surface area contributed by atoms with Crippen LogP contribution in [-0.4, -0.2) is 129 Å². The molecule has 20 aromatic rings. The zero-order valence-electron chi connectivity index (χ0n) is 83.8. The van der Waals surface area contributed by atoms with Crippen LogP contribution in [0, 0.1) is 6.92 Å². The van der Waals surface area contributed by atoms with Crippen LogP contribution in [0.15, 0.2) is 258 Å². The van der Waals surface area contributed by atoms with Gasteiger partial charge in [-0.15, -0.1) is 0 Å². The molecular formula is C111H124F3N23O2. The molecule has 0 N–H and O–H groups in total. The zero-order chi connectivity index (χ0) is 100. The van der Waals surface area contributed by atoms with E-state index in [4.69, 9.17) is 9.47 Å². The van der Waals surface area contributed by atoms with Crippen LogP contribution in [0.4, 0.5) is 13.2 Å². The van der Waals surface area contributed by atoms with Crippen molar-refractivity contribution in [3.8, 4) is 11.5 Å². The van der Waals surface area contributed by atoms with Gasteiger partial charge in [0.1, 0.15) is 73.2 Å². The number of methoxy groups -OCH3 is 2. The highest BCUT2D eigenvalue weighted by Gasteiger charge is 2.34. The van der Waals surface area contributed by atoms with E-state index < -0.39 is 11.7 Å². The number of nitrogens with zero attached hydrogens (tertiary/aromatic N) is 23. The summed E-state index contributed by atoms with van der Waals surface area (Å²) < 4.78 is 50.6. The molecule has 0 saturated carbocycles. The van der Waals surface area contributed by atoms with Gasteiger partial charge in [-0.25, -0.2) is 84.7 Å². The van der Waals surface area contributed by atoms with E-state index >= 15 is 0 Å². The second-order valence-corrected chi connectivity index (χ2v) is 36.1. The maximum Gasteiger partial charge on any atom is 0.418 e. The predicted octanol–water partition coefficient (Wildman–Crippen LogP) is 27.0. The van der Waals surface area contributed by atoms with Gasteiger partial charge < -0.3 is 9.47 Å². The molecule has 139 heavy (non-hydrogen) atoms. The van der Waals surface area contributed by atoms with Gasteiger partial charge in [-0.1, -0.05) is 217 Å². The Kier molecular flexibility index (Phi) is 37.2. The molecule has 0 fully saturated rings. The minimum Gasteiger partial charge on any atom is -0.497 e. The number of para-hydroxylation sites is 3. The number of rotatable bonds is 12. The lowest BCUT2D eigenvalue weighted by molar-refractivity contribution is -0.136. The number of benzene rings is 6. The molecule has 0 aliphatic heterocycles. The smallest absolute Gasteiger partial charge is 0.418 e. The molecule has 716 valence electrons. The van der Waals surface area contributed by atoms with E-state index in [1.165, 1.54) is 50.8 Å². The van der Waals surface area contributed by atoms with E-state index in [0.29, 0.717) is 64.3 Å². The minimum absolute atomic E-state index is 0.0290. The highest BCUT2D eigenvalue weighted by Crippen LogP contribution is 2.37. The number of hydrogen-bond acceptors (Lipinski definition) is 24.